The first-order valence-electron chi connectivity index (χ1n) is 11.1. The second-order valence-corrected chi connectivity index (χ2v) is 8.78. The molecule has 1 fully saturated rings. The number of piperidine rings is 1. The summed E-state index contributed by atoms with van der Waals surface area (Å²) in [5.41, 5.74) is 2.12. The van der Waals surface area contributed by atoms with Crippen molar-refractivity contribution >= 4 is 26.5 Å². The maximum absolute atomic E-state index is 13.2. The van der Waals surface area contributed by atoms with Gasteiger partial charge < -0.3 is 19.3 Å². The van der Waals surface area contributed by atoms with E-state index in [1.54, 1.807) is 31.6 Å². The number of methoxy groups -OCH3 is 1. The van der Waals surface area contributed by atoms with Crippen molar-refractivity contribution < 1.29 is 18.7 Å². The molecule has 1 saturated heterocycles. The zero-order valence-electron chi connectivity index (χ0n) is 19.5. The van der Waals surface area contributed by atoms with Crippen LogP contribution in [0.1, 0.15) is 26.2 Å². The van der Waals surface area contributed by atoms with Gasteiger partial charge in [0.2, 0.25) is 12.0 Å². The number of ether oxygens (including phenoxy) is 2. The van der Waals surface area contributed by atoms with E-state index in [9.17, 15) is 9.18 Å². The average Bonchev–Trinajstić information content (AvgIpc) is 2.85. The van der Waals surface area contributed by atoms with Crippen LogP contribution >= 0.6 is 9.24 Å². The number of alkyl halides is 1. The molecule has 0 radical (unpaired) electrons. The van der Waals surface area contributed by atoms with Crippen molar-refractivity contribution in [2.24, 2.45) is 5.92 Å². The minimum atomic E-state index is -1.48. The van der Waals surface area contributed by atoms with Gasteiger partial charge in [0.25, 0.3) is 0 Å². The molecule has 3 unspecified atom stereocenters. The number of likely N-dealkylation sites (tertiary alicyclic amines) is 1. The Bertz CT molecular complexity index is 1030. The fourth-order valence-electron chi connectivity index (χ4n) is 4.25. The summed E-state index contributed by atoms with van der Waals surface area (Å²) in [5.74, 6) is 0.880. The summed E-state index contributed by atoms with van der Waals surface area (Å²) in [7, 11) is 3.58. The Balaban J connectivity index is 1.81. The van der Waals surface area contributed by atoms with Crippen molar-refractivity contribution in [3.63, 3.8) is 0 Å². The first-order chi connectivity index (χ1) is 16.3. The lowest BCUT2D eigenvalue weighted by Gasteiger charge is -2.40. The van der Waals surface area contributed by atoms with Crippen molar-refractivity contribution in [3.05, 3.63) is 54.9 Å². The van der Waals surface area contributed by atoms with Gasteiger partial charge >= 0.3 is 0 Å². The number of rotatable bonds is 9. The number of hydrogen-bond acceptors (Lipinski definition) is 6. The maximum atomic E-state index is 13.2. The monoisotopic (exact) mass is 484 g/mol. The van der Waals surface area contributed by atoms with E-state index in [0.717, 1.165) is 24.2 Å². The molecular formula is C25H30FN4O3P. The fourth-order valence-corrected chi connectivity index (χ4v) is 4.40. The molecular weight excluding hydrogens is 454 g/mol. The molecule has 1 aromatic carbocycles. The van der Waals surface area contributed by atoms with Gasteiger partial charge in [-0.1, -0.05) is 22.7 Å². The Kier molecular flexibility index (Phi) is 8.84. The minimum absolute atomic E-state index is 0.0417. The number of benzene rings is 1. The van der Waals surface area contributed by atoms with Gasteiger partial charge in [-0.3, -0.25) is 9.78 Å². The average molecular weight is 485 g/mol. The fraction of sp³-hybridized carbons (Fsp3) is 0.400. The molecule has 34 heavy (non-hydrogen) atoms. The number of nitrogens with zero attached hydrogens (tertiary/aromatic N) is 4. The van der Waals surface area contributed by atoms with Crippen LogP contribution in [-0.2, 0) is 4.79 Å². The first-order valence-corrected chi connectivity index (χ1v) is 11.8. The minimum Gasteiger partial charge on any atom is -0.494 e. The van der Waals surface area contributed by atoms with Gasteiger partial charge in [-0.25, -0.2) is 0 Å². The second-order valence-electron chi connectivity index (χ2n) is 8.26. The number of halogens is 1. The van der Waals surface area contributed by atoms with E-state index in [1.807, 2.05) is 45.3 Å². The molecule has 0 N–H and O–H groups in total. The number of allylic oxidation sites excluding steroid dienone is 1. The van der Waals surface area contributed by atoms with E-state index in [-0.39, 0.29) is 17.9 Å². The van der Waals surface area contributed by atoms with Crippen molar-refractivity contribution in [1.82, 2.24) is 9.88 Å². The smallest absolute Gasteiger partial charge is 0.249 e. The summed E-state index contributed by atoms with van der Waals surface area (Å²) in [6.07, 6.45) is 3.82. The van der Waals surface area contributed by atoms with E-state index in [2.05, 4.69) is 16.5 Å². The van der Waals surface area contributed by atoms with Gasteiger partial charge in [0.15, 0.2) is 0 Å². The van der Waals surface area contributed by atoms with Crippen LogP contribution in [-0.4, -0.2) is 48.1 Å². The number of pyridine rings is 1. The SMILES string of the molecule is C=C(C#N)CC(C)C(=O)N1CCC(N(c2ccc(OC(F)P)cc2)c2cnccc2OC)CC1. The highest BCUT2D eigenvalue weighted by atomic mass is 31.0. The van der Waals surface area contributed by atoms with Crippen molar-refractivity contribution in [2.75, 3.05) is 25.1 Å². The lowest BCUT2D eigenvalue weighted by molar-refractivity contribution is -0.135. The first kappa shape index (κ1) is 25.5. The molecule has 9 heteroatoms. The van der Waals surface area contributed by atoms with E-state index < -0.39 is 6.10 Å². The molecule has 1 amide bonds. The molecule has 0 aliphatic carbocycles. The summed E-state index contributed by atoms with van der Waals surface area (Å²) in [6, 6.07) is 11.1. The number of nitriles is 1. The normalized spacial score (nSPS) is 15.7. The standard InChI is InChI=1S/C25H30FN4O3P/c1-17(15-27)14-18(2)24(31)29-12-9-20(10-13-29)30(22-16-28-11-8-23(22)32-3)19-4-6-21(7-5-19)33-25(26)34/h4-8,11,16,18,20,25H,1,9-10,12-14,34H2,2-3H3. The van der Waals surface area contributed by atoms with Crippen LogP contribution < -0.4 is 14.4 Å². The highest BCUT2D eigenvalue weighted by molar-refractivity contribution is 7.16. The van der Waals surface area contributed by atoms with Crippen LogP contribution in [0, 0.1) is 17.2 Å². The molecule has 180 valence electrons. The van der Waals surface area contributed by atoms with Gasteiger partial charge in [-0.2, -0.15) is 9.65 Å². The molecule has 0 saturated carbocycles. The molecule has 1 aliphatic rings. The summed E-state index contributed by atoms with van der Waals surface area (Å²) in [4.78, 5) is 21.2. The third-order valence-electron chi connectivity index (χ3n) is 5.88. The molecule has 2 aromatic rings. The van der Waals surface area contributed by atoms with E-state index in [0.29, 0.717) is 36.6 Å². The number of carbonyl (C=O) groups excluding carboxylic acids is 1. The molecule has 3 rings (SSSR count). The lowest BCUT2D eigenvalue weighted by Crippen LogP contribution is -2.47. The Morgan fingerprint density at radius 3 is 2.62 bits per heavy atom. The Morgan fingerprint density at radius 1 is 1.35 bits per heavy atom. The quantitative estimate of drug-likeness (QED) is 0.375. The van der Waals surface area contributed by atoms with Crippen LogP contribution in [0.4, 0.5) is 15.8 Å². The zero-order valence-corrected chi connectivity index (χ0v) is 20.6. The van der Waals surface area contributed by atoms with Gasteiger partial charge in [0, 0.05) is 48.6 Å². The summed E-state index contributed by atoms with van der Waals surface area (Å²) in [5, 5.41) is 8.97. The van der Waals surface area contributed by atoms with Crippen molar-refractivity contribution in [1.29, 1.82) is 5.26 Å². The van der Waals surface area contributed by atoms with Crippen LogP contribution in [0.15, 0.2) is 54.9 Å². The number of carbonyl (C=O) groups is 1. The number of hydrogen-bond donors (Lipinski definition) is 0. The molecule has 2 heterocycles. The summed E-state index contributed by atoms with van der Waals surface area (Å²) in [6.45, 7) is 6.73. The predicted molar refractivity (Wildman–Crippen MR) is 133 cm³/mol. The molecule has 0 bridgehead atoms. The van der Waals surface area contributed by atoms with Crippen LogP contribution in [0.2, 0.25) is 0 Å². The summed E-state index contributed by atoms with van der Waals surface area (Å²) < 4.78 is 23.9. The topological polar surface area (TPSA) is 78.7 Å². The summed E-state index contributed by atoms with van der Waals surface area (Å²) >= 11 is 0. The Morgan fingerprint density at radius 2 is 2.03 bits per heavy atom. The van der Waals surface area contributed by atoms with Gasteiger partial charge in [-0.05, 0) is 43.5 Å². The molecule has 0 spiro atoms. The zero-order chi connectivity index (χ0) is 24.7. The Hall–Kier alpha value is -3.17. The highest BCUT2D eigenvalue weighted by Crippen LogP contribution is 2.38. The number of amides is 1. The molecule has 1 aromatic heterocycles. The van der Waals surface area contributed by atoms with E-state index in [4.69, 9.17) is 14.7 Å². The molecule has 1 aliphatic heterocycles. The van der Waals surface area contributed by atoms with E-state index >= 15 is 0 Å². The van der Waals surface area contributed by atoms with Gasteiger partial charge in [-0.15, -0.1) is 0 Å². The van der Waals surface area contributed by atoms with Crippen LogP contribution in [0.25, 0.3) is 0 Å². The number of anilines is 2. The molecule has 7 nitrogen and oxygen atoms in total. The number of aromatic nitrogens is 1. The van der Waals surface area contributed by atoms with Crippen LogP contribution in [0.5, 0.6) is 11.5 Å². The third-order valence-corrected chi connectivity index (χ3v) is 6.01. The predicted octanol–water partition coefficient (Wildman–Crippen LogP) is 4.83. The second kappa shape index (κ2) is 11.8. The lowest BCUT2D eigenvalue weighted by atomic mass is 9.97. The van der Waals surface area contributed by atoms with Gasteiger partial charge in [0.05, 0.1) is 19.4 Å². The maximum Gasteiger partial charge on any atom is 0.249 e. The Labute approximate surface area is 202 Å². The van der Waals surface area contributed by atoms with Crippen molar-refractivity contribution in [3.8, 4) is 17.6 Å². The highest BCUT2D eigenvalue weighted by Gasteiger charge is 2.31. The van der Waals surface area contributed by atoms with E-state index in [1.165, 1.54) is 0 Å². The van der Waals surface area contributed by atoms with Gasteiger partial charge in [0.1, 0.15) is 17.2 Å². The van der Waals surface area contributed by atoms with Crippen molar-refractivity contribution in [2.45, 2.75) is 38.3 Å². The largest absolute Gasteiger partial charge is 0.494 e. The molecule has 3 atom stereocenters. The third kappa shape index (κ3) is 6.24. The van der Waals surface area contributed by atoms with Crippen LogP contribution in [0.3, 0.4) is 0 Å².